The predicted molar refractivity (Wildman–Crippen MR) is 174 cm³/mol. The highest BCUT2D eigenvalue weighted by Gasteiger charge is 2.77. The molecule has 2 amide bonds. The van der Waals surface area contributed by atoms with Gasteiger partial charge in [0, 0.05) is 53.6 Å². The zero-order chi connectivity index (χ0) is 33.8. The zero-order valence-corrected chi connectivity index (χ0v) is 28.0. The number of anilines is 1. The van der Waals surface area contributed by atoms with Crippen molar-refractivity contribution in [2.75, 3.05) is 38.5 Å². The summed E-state index contributed by atoms with van der Waals surface area (Å²) in [6.45, 7) is -0.407. The fraction of sp³-hybridized carbons (Fsp3) is 0.583. The van der Waals surface area contributed by atoms with Gasteiger partial charge in [0.15, 0.2) is 0 Å². The van der Waals surface area contributed by atoms with Crippen LogP contribution in [0, 0.1) is 28.5 Å². The molecule has 0 aromatic heterocycles. The van der Waals surface area contributed by atoms with Gasteiger partial charge in [-0.25, -0.2) is 4.39 Å². The Morgan fingerprint density at radius 3 is 2.46 bits per heavy atom. The highest BCUT2D eigenvalue weighted by molar-refractivity contribution is 6.31. The van der Waals surface area contributed by atoms with E-state index >= 15 is 4.39 Å². The molecular weight excluding hydrogens is 668 g/mol. The lowest BCUT2D eigenvalue weighted by Crippen LogP contribution is -2.61. The van der Waals surface area contributed by atoms with E-state index in [0.717, 1.165) is 12.8 Å². The first kappa shape index (κ1) is 33.8. The van der Waals surface area contributed by atoms with Gasteiger partial charge < -0.3 is 20.1 Å². The lowest BCUT2D eigenvalue weighted by Gasteiger charge is -2.59. The number of carbonyl (C=O) groups excluding carboxylic acids is 3. The van der Waals surface area contributed by atoms with Gasteiger partial charge in [0.2, 0.25) is 11.8 Å². The molecule has 2 aromatic carbocycles. The highest BCUT2D eigenvalue weighted by Crippen LogP contribution is 2.77. The Bertz CT molecular complexity index is 1600. The zero-order valence-electron chi connectivity index (χ0n) is 26.5. The molecule has 2 aromatic rings. The molecule has 3 aliphatic heterocycles. The van der Waals surface area contributed by atoms with Crippen LogP contribution in [0.2, 0.25) is 10.0 Å². The van der Waals surface area contributed by atoms with Gasteiger partial charge in [-0.05, 0) is 85.6 Å². The summed E-state index contributed by atoms with van der Waals surface area (Å²) in [5.74, 6) is -3.55. The maximum Gasteiger partial charge on any atom is 0.249 e. The lowest BCUT2D eigenvalue weighted by molar-refractivity contribution is -0.144. The Morgan fingerprint density at radius 2 is 1.77 bits per heavy atom. The standard InChI is InChI=1S/C36H39Cl2F3N2O5/c37-21-5-6-25-27(13-21)43-33(46)36(25)30(23-2-1-3-26(38)31(23)41)24(14-35(36)16-34(17-35,18-39)19-40)28(44)12-20-4-7-29(48-15-20)32(45)42-22-8-10-47-11-9-22/h1-3,5-6,13,20,22,24,29-30H,4,7-12,14-19H2,(H,42,45)(H,43,46)/t20-,24-,29-,30-,36+/m0/s1. The van der Waals surface area contributed by atoms with Crippen LogP contribution >= 0.6 is 23.2 Å². The molecule has 5 aliphatic rings. The van der Waals surface area contributed by atoms with E-state index in [2.05, 4.69) is 10.6 Å². The van der Waals surface area contributed by atoms with Crippen molar-refractivity contribution in [1.82, 2.24) is 5.32 Å². The molecule has 2 N–H and O–H groups in total. The van der Waals surface area contributed by atoms with Gasteiger partial charge >= 0.3 is 0 Å². The number of benzene rings is 2. The molecular formula is C36H39Cl2F3N2O5. The van der Waals surface area contributed by atoms with Crippen molar-refractivity contribution in [2.24, 2.45) is 22.7 Å². The van der Waals surface area contributed by atoms with E-state index in [1.54, 1.807) is 30.3 Å². The fourth-order valence-electron chi connectivity index (χ4n) is 9.76. The molecule has 5 atom stereocenters. The number of carbonyl (C=O) groups is 3. The third-order valence-electron chi connectivity index (χ3n) is 11.8. The van der Waals surface area contributed by atoms with E-state index < -0.39 is 59.3 Å². The lowest BCUT2D eigenvalue weighted by atomic mass is 9.43. The number of ketones is 1. The van der Waals surface area contributed by atoms with Crippen molar-refractivity contribution in [3.8, 4) is 0 Å². The fourth-order valence-corrected chi connectivity index (χ4v) is 10.1. The second-order valence-corrected chi connectivity index (χ2v) is 15.5. The van der Waals surface area contributed by atoms with Crippen LogP contribution in [-0.4, -0.2) is 62.9 Å². The predicted octanol–water partition coefficient (Wildman–Crippen LogP) is 6.88. The summed E-state index contributed by atoms with van der Waals surface area (Å²) < 4.78 is 56.3. The summed E-state index contributed by atoms with van der Waals surface area (Å²) in [7, 11) is 0. The first-order chi connectivity index (χ1) is 23.1. The van der Waals surface area contributed by atoms with Gasteiger partial charge in [-0.15, -0.1) is 0 Å². The molecule has 0 radical (unpaired) electrons. The Hall–Kier alpha value is -2.66. The van der Waals surface area contributed by atoms with E-state index in [9.17, 15) is 23.2 Å². The first-order valence-corrected chi connectivity index (χ1v) is 17.5. The van der Waals surface area contributed by atoms with E-state index in [4.69, 9.17) is 32.7 Å². The summed E-state index contributed by atoms with van der Waals surface area (Å²) in [6, 6.07) is 9.56. The van der Waals surface area contributed by atoms with Crippen LogP contribution in [0.5, 0.6) is 0 Å². The van der Waals surface area contributed by atoms with Gasteiger partial charge in [-0.3, -0.25) is 23.2 Å². The Morgan fingerprint density at radius 1 is 1.02 bits per heavy atom. The van der Waals surface area contributed by atoms with Crippen LogP contribution in [0.15, 0.2) is 36.4 Å². The van der Waals surface area contributed by atoms with Gasteiger partial charge in [0.05, 0.1) is 30.4 Å². The van der Waals surface area contributed by atoms with E-state index in [0.29, 0.717) is 42.3 Å². The number of rotatable bonds is 8. The normalized spacial score (nSPS) is 30.6. The minimum atomic E-state index is -1.50. The smallest absolute Gasteiger partial charge is 0.249 e. The summed E-state index contributed by atoms with van der Waals surface area (Å²) in [6.07, 6.45) is 2.22. The number of ether oxygens (including phenoxy) is 2. The Balaban J connectivity index is 1.21. The number of amides is 2. The van der Waals surface area contributed by atoms with Crippen LogP contribution in [0.4, 0.5) is 18.9 Å². The molecule has 258 valence electrons. The van der Waals surface area contributed by atoms with Crippen molar-refractivity contribution in [2.45, 2.75) is 74.8 Å². The number of halogens is 5. The van der Waals surface area contributed by atoms with Crippen LogP contribution in [-0.2, 0) is 29.3 Å². The second-order valence-electron chi connectivity index (χ2n) is 14.6. The van der Waals surface area contributed by atoms with Crippen LogP contribution < -0.4 is 10.6 Å². The monoisotopic (exact) mass is 706 g/mol. The van der Waals surface area contributed by atoms with Crippen molar-refractivity contribution in [3.63, 3.8) is 0 Å². The summed E-state index contributed by atoms with van der Waals surface area (Å²) in [5, 5.41) is 6.21. The molecule has 2 aliphatic carbocycles. The Kier molecular flexibility index (Phi) is 9.09. The van der Waals surface area contributed by atoms with Crippen LogP contribution in [0.1, 0.15) is 68.4 Å². The summed E-state index contributed by atoms with van der Waals surface area (Å²) in [4.78, 5) is 41.9. The van der Waals surface area contributed by atoms with Crippen LogP contribution in [0.3, 0.4) is 0 Å². The maximum absolute atomic E-state index is 16.1. The van der Waals surface area contributed by atoms with Crippen molar-refractivity contribution in [1.29, 1.82) is 0 Å². The molecule has 2 saturated heterocycles. The highest BCUT2D eigenvalue weighted by atomic mass is 35.5. The number of alkyl halides is 2. The number of hydrogen-bond acceptors (Lipinski definition) is 5. The number of Topliss-reactive ketones (excluding diaryl/α,β-unsaturated/α-hetero) is 1. The third kappa shape index (κ3) is 5.37. The molecule has 48 heavy (non-hydrogen) atoms. The van der Waals surface area contributed by atoms with Crippen molar-refractivity contribution >= 4 is 46.5 Å². The number of fused-ring (bicyclic) bond motifs is 3. The average Bonchev–Trinajstić information content (AvgIpc) is 3.54. The molecule has 7 nitrogen and oxygen atoms in total. The van der Waals surface area contributed by atoms with E-state index in [1.807, 2.05) is 0 Å². The number of hydrogen-bond donors (Lipinski definition) is 2. The molecule has 0 bridgehead atoms. The van der Waals surface area contributed by atoms with Crippen molar-refractivity contribution in [3.05, 3.63) is 63.4 Å². The number of nitrogens with one attached hydrogen (secondary N) is 2. The molecule has 12 heteroatoms. The van der Waals surface area contributed by atoms with Gasteiger partial charge in [0.25, 0.3) is 0 Å². The first-order valence-electron chi connectivity index (χ1n) is 16.8. The van der Waals surface area contributed by atoms with E-state index in [1.165, 1.54) is 6.07 Å². The van der Waals surface area contributed by atoms with Gasteiger partial charge in [-0.1, -0.05) is 41.4 Å². The molecule has 2 spiro atoms. The molecule has 3 heterocycles. The SMILES string of the molecule is O=C(NC1CCOCC1)[C@@H]1CC[C@@H](CC(=O)[C@@H]2CC3(CC(CF)(CF)C3)[C@@]3(C(=O)Nc4cc(Cl)ccc43)[C@H]2c2cccc(Cl)c2F)CO1. The Labute approximate surface area is 287 Å². The van der Waals surface area contributed by atoms with E-state index in [-0.39, 0.29) is 66.5 Å². The minimum absolute atomic E-state index is 0.0292. The molecule has 2 saturated carbocycles. The molecule has 7 rings (SSSR count). The molecule has 0 unspecified atom stereocenters. The summed E-state index contributed by atoms with van der Waals surface area (Å²) >= 11 is 12.6. The van der Waals surface area contributed by atoms with Crippen LogP contribution in [0.25, 0.3) is 0 Å². The van der Waals surface area contributed by atoms with Gasteiger partial charge in [-0.2, -0.15) is 0 Å². The van der Waals surface area contributed by atoms with Gasteiger partial charge in [0.1, 0.15) is 17.7 Å². The average molecular weight is 708 g/mol. The second kappa shape index (κ2) is 12.9. The quantitative estimate of drug-likeness (QED) is 0.312. The van der Waals surface area contributed by atoms with Crippen molar-refractivity contribution < 1.29 is 37.0 Å². The topological polar surface area (TPSA) is 93.7 Å². The third-order valence-corrected chi connectivity index (χ3v) is 12.3. The largest absolute Gasteiger partial charge is 0.381 e. The molecule has 4 fully saturated rings. The minimum Gasteiger partial charge on any atom is -0.381 e. The maximum atomic E-state index is 16.1. The summed E-state index contributed by atoms with van der Waals surface area (Å²) in [5.41, 5.74) is -2.69.